The van der Waals surface area contributed by atoms with Gasteiger partial charge in [0.25, 0.3) is 0 Å². The van der Waals surface area contributed by atoms with Crippen molar-refractivity contribution in [1.29, 1.82) is 0 Å². The van der Waals surface area contributed by atoms with E-state index in [9.17, 15) is 19.2 Å². The molecule has 1 saturated heterocycles. The third kappa shape index (κ3) is 35.3. The first-order valence-corrected chi connectivity index (χ1v) is 25.8. The number of allylic oxidation sites excluding steroid dienone is 4. The summed E-state index contributed by atoms with van der Waals surface area (Å²) < 4.78 is 39.8. The zero-order chi connectivity index (χ0) is 46.7. The van der Waals surface area contributed by atoms with Crippen LogP contribution in [-0.2, 0) is 47.5 Å². The van der Waals surface area contributed by atoms with Gasteiger partial charge in [0.05, 0.1) is 25.6 Å². The third-order valence-corrected chi connectivity index (χ3v) is 11.6. The summed E-state index contributed by atoms with van der Waals surface area (Å²) in [7, 11) is 0. The number of ether oxygens (including phenoxy) is 7. The summed E-state index contributed by atoms with van der Waals surface area (Å²) in [4.78, 5) is 53.0. The normalized spacial score (nSPS) is 15.0. The highest BCUT2D eigenvalue weighted by Gasteiger charge is 2.23. The van der Waals surface area contributed by atoms with Crippen molar-refractivity contribution in [1.82, 2.24) is 4.90 Å². The first-order chi connectivity index (χ1) is 31.2. The number of esters is 3. The van der Waals surface area contributed by atoms with E-state index >= 15 is 0 Å². The highest BCUT2D eigenvalue weighted by molar-refractivity contribution is 5.70. The number of piperidine rings is 1. The maximum atomic E-state index is 13.0. The van der Waals surface area contributed by atoms with Crippen LogP contribution in [0.25, 0.3) is 0 Å². The van der Waals surface area contributed by atoms with Gasteiger partial charge in [-0.15, -0.1) is 0 Å². The average molecular weight is 908 g/mol. The van der Waals surface area contributed by atoms with Crippen LogP contribution in [0.15, 0.2) is 24.3 Å². The lowest BCUT2D eigenvalue weighted by atomic mass is 9.93. The molecule has 0 bridgehead atoms. The zero-order valence-corrected chi connectivity index (χ0v) is 41.3. The number of rotatable bonds is 42. The Balaban J connectivity index is 2.60. The smallest absolute Gasteiger partial charge is 0.466 e. The molecular formula is C52H93NO11. The van der Waals surface area contributed by atoms with E-state index < -0.39 is 24.3 Å². The van der Waals surface area contributed by atoms with E-state index in [-0.39, 0.29) is 57.1 Å². The molecule has 12 nitrogen and oxygen atoms in total. The first-order valence-electron chi connectivity index (χ1n) is 25.8. The standard InChI is InChI=1S/C52H93NO11/c1-6-11-15-17-21-25-37-59-51(60-38-26-22-18-16-12-7-2)34-33-50(56)62-43-47(44-64-52(57)63-41-46-30-27-36-53(10-5)40-46)42-61-49(55)32-24-20-19-23-31-48(54)58-39-35-45(28-13-8-3)29-14-9-4/h11-12,15-16,45-47,51H,6-10,13-14,17-44H2,1-5H3/b15-11-,16-12-. The van der Waals surface area contributed by atoms with Crippen molar-refractivity contribution in [3.8, 4) is 0 Å². The molecule has 1 aliphatic rings. The Hall–Kier alpha value is -2.96. The Kier molecular flexibility index (Phi) is 39.4. The van der Waals surface area contributed by atoms with Crippen LogP contribution < -0.4 is 0 Å². The lowest BCUT2D eigenvalue weighted by Gasteiger charge is -2.31. The van der Waals surface area contributed by atoms with Crippen LogP contribution in [0.3, 0.4) is 0 Å². The van der Waals surface area contributed by atoms with Crippen LogP contribution in [0, 0.1) is 17.8 Å². The maximum Gasteiger partial charge on any atom is 0.508 e. The Bertz CT molecular complexity index is 1180. The summed E-state index contributed by atoms with van der Waals surface area (Å²) in [5, 5.41) is 0. The second-order valence-electron chi connectivity index (χ2n) is 17.5. The SMILES string of the molecule is CC/C=C\CCCCOC(CCC(=O)OCC(COC(=O)CCCCCCC(=O)OCCC(CCCC)CCCC)COC(=O)OCC1CCCN(CC)C1)OCCCC/C=C\CC. The largest absolute Gasteiger partial charge is 0.508 e. The van der Waals surface area contributed by atoms with E-state index in [4.69, 9.17) is 33.2 Å². The molecule has 12 heteroatoms. The van der Waals surface area contributed by atoms with Crippen LogP contribution in [0.2, 0.25) is 0 Å². The molecule has 2 unspecified atom stereocenters. The summed E-state index contributed by atoms with van der Waals surface area (Å²) in [5.41, 5.74) is 0. The van der Waals surface area contributed by atoms with Gasteiger partial charge in [-0.25, -0.2) is 4.79 Å². The Morgan fingerprint density at radius 3 is 1.67 bits per heavy atom. The number of likely N-dealkylation sites (tertiary alicyclic amines) is 1. The molecule has 0 spiro atoms. The van der Waals surface area contributed by atoms with E-state index in [2.05, 4.69) is 63.8 Å². The molecule has 372 valence electrons. The Morgan fingerprint density at radius 1 is 0.547 bits per heavy atom. The summed E-state index contributed by atoms with van der Waals surface area (Å²) in [6, 6.07) is 0. The van der Waals surface area contributed by atoms with Gasteiger partial charge in [0.15, 0.2) is 6.29 Å². The van der Waals surface area contributed by atoms with E-state index in [1.165, 1.54) is 38.5 Å². The number of hydrogen-bond acceptors (Lipinski definition) is 12. The molecule has 0 saturated carbocycles. The molecule has 0 aromatic heterocycles. The van der Waals surface area contributed by atoms with Gasteiger partial charge in [-0.1, -0.05) is 110 Å². The minimum atomic E-state index is -0.789. The average Bonchev–Trinajstić information content (AvgIpc) is 3.30. The van der Waals surface area contributed by atoms with Crippen LogP contribution in [0.1, 0.15) is 195 Å². The van der Waals surface area contributed by atoms with E-state index in [0.29, 0.717) is 51.4 Å². The van der Waals surface area contributed by atoms with Crippen molar-refractivity contribution >= 4 is 24.1 Å². The predicted octanol–water partition coefficient (Wildman–Crippen LogP) is 12.3. The predicted molar refractivity (Wildman–Crippen MR) is 255 cm³/mol. The minimum absolute atomic E-state index is 0.0766. The fraction of sp³-hybridized carbons (Fsp3) is 0.846. The summed E-state index contributed by atoms with van der Waals surface area (Å²) in [5.74, 6) is -0.651. The van der Waals surface area contributed by atoms with Gasteiger partial charge in [0.1, 0.15) is 19.8 Å². The van der Waals surface area contributed by atoms with E-state index in [0.717, 1.165) is 103 Å². The van der Waals surface area contributed by atoms with E-state index in [1.807, 2.05) is 0 Å². The molecule has 0 radical (unpaired) electrons. The number of hydrogen-bond donors (Lipinski definition) is 0. The molecule has 1 rings (SSSR count). The molecule has 64 heavy (non-hydrogen) atoms. The van der Waals surface area contributed by atoms with Gasteiger partial charge in [-0.2, -0.15) is 0 Å². The fourth-order valence-corrected chi connectivity index (χ4v) is 7.60. The highest BCUT2D eigenvalue weighted by Crippen LogP contribution is 2.21. The summed E-state index contributed by atoms with van der Waals surface area (Å²) in [6.45, 7) is 15.3. The quantitative estimate of drug-likeness (QED) is 0.0190. The van der Waals surface area contributed by atoms with Crippen LogP contribution >= 0.6 is 0 Å². The molecule has 1 heterocycles. The second kappa shape index (κ2) is 42.7. The Labute approximate surface area is 389 Å². The van der Waals surface area contributed by atoms with Crippen molar-refractivity contribution in [2.75, 3.05) is 65.9 Å². The molecular weight excluding hydrogens is 815 g/mol. The van der Waals surface area contributed by atoms with Gasteiger partial charge >= 0.3 is 24.1 Å². The topological polar surface area (TPSA) is 136 Å². The van der Waals surface area contributed by atoms with Gasteiger partial charge in [-0.05, 0) is 102 Å². The summed E-state index contributed by atoms with van der Waals surface area (Å²) in [6.07, 6.45) is 29.5. The molecule has 0 aromatic carbocycles. The second-order valence-corrected chi connectivity index (χ2v) is 17.5. The van der Waals surface area contributed by atoms with Crippen molar-refractivity contribution in [3.05, 3.63) is 24.3 Å². The molecule has 0 aromatic rings. The Morgan fingerprint density at radius 2 is 1.11 bits per heavy atom. The summed E-state index contributed by atoms with van der Waals surface area (Å²) >= 11 is 0. The van der Waals surface area contributed by atoms with Gasteiger partial charge in [0.2, 0.25) is 0 Å². The van der Waals surface area contributed by atoms with Crippen molar-refractivity contribution in [2.24, 2.45) is 17.8 Å². The monoisotopic (exact) mass is 908 g/mol. The third-order valence-electron chi connectivity index (χ3n) is 11.6. The fourth-order valence-electron chi connectivity index (χ4n) is 7.60. The number of nitrogens with zero attached hydrogens (tertiary/aromatic N) is 1. The molecule has 0 aliphatic carbocycles. The molecule has 0 N–H and O–H groups in total. The maximum absolute atomic E-state index is 13.0. The number of unbranched alkanes of at least 4 members (excludes halogenated alkanes) is 9. The van der Waals surface area contributed by atoms with Gasteiger partial charge < -0.3 is 38.1 Å². The zero-order valence-electron chi connectivity index (χ0n) is 41.3. The molecule has 1 fully saturated rings. The lowest BCUT2D eigenvalue weighted by Crippen LogP contribution is -2.37. The van der Waals surface area contributed by atoms with Crippen LogP contribution in [-0.4, -0.2) is 101 Å². The van der Waals surface area contributed by atoms with Gasteiger partial charge in [-0.3, -0.25) is 14.4 Å². The first kappa shape index (κ1) is 59.1. The van der Waals surface area contributed by atoms with Crippen LogP contribution in [0.5, 0.6) is 0 Å². The molecule has 2 atom stereocenters. The van der Waals surface area contributed by atoms with E-state index in [1.54, 1.807) is 0 Å². The number of carbonyl (C=O) groups is 4. The van der Waals surface area contributed by atoms with Crippen molar-refractivity contribution in [3.63, 3.8) is 0 Å². The lowest BCUT2D eigenvalue weighted by molar-refractivity contribution is -0.161. The molecule has 1 aliphatic heterocycles. The minimum Gasteiger partial charge on any atom is -0.466 e. The number of carbonyl (C=O) groups excluding carboxylic acids is 4. The van der Waals surface area contributed by atoms with Gasteiger partial charge in [0, 0.05) is 44.9 Å². The van der Waals surface area contributed by atoms with Crippen molar-refractivity contribution < 1.29 is 52.3 Å². The molecule has 0 amide bonds. The van der Waals surface area contributed by atoms with Crippen LogP contribution in [0.4, 0.5) is 4.79 Å². The van der Waals surface area contributed by atoms with Crippen molar-refractivity contribution in [2.45, 2.75) is 201 Å². The highest BCUT2D eigenvalue weighted by atomic mass is 16.7.